The van der Waals surface area contributed by atoms with Crippen molar-refractivity contribution in [2.45, 2.75) is 46.1 Å². The summed E-state index contributed by atoms with van der Waals surface area (Å²) >= 11 is 0. The minimum atomic E-state index is -1.17. The molecule has 9 heteroatoms. The van der Waals surface area contributed by atoms with Gasteiger partial charge in [0.05, 0.1) is 32.5 Å². The summed E-state index contributed by atoms with van der Waals surface area (Å²) in [5.41, 5.74) is 3.55. The van der Waals surface area contributed by atoms with Gasteiger partial charge in [-0.25, -0.2) is 9.69 Å². The molecule has 2 heterocycles. The second-order valence-electron chi connectivity index (χ2n) is 11.1. The summed E-state index contributed by atoms with van der Waals surface area (Å²) in [4.78, 5) is 41.9. The fraction of sp³-hybridized carbons (Fsp3) is 0.441. The van der Waals surface area contributed by atoms with E-state index in [9.17, 15) is 14.4 Å². The molecule has 1 aliphatic rings. The molecule has 1 saturated heterocycles. The maximum absolute atomic E-state index is 14.1. The van der Waals surface area contributed by atoms with Gasteiger partial charge in [0.2, 0.25) is 11.7 Å². The van der Waals surface area contributed by atoms with Crippen LogP contribution < -0.4 is 0 Å². The molecule has 230 valence electrons. The third-order valence-electron chi connectivity index (χ3n) is 7.49. The van der Waals surface area contributed by atoms with Crippen molar-refractivity contribution in [1.29, 1.82) is 0 Å². The number of ketones is 1. The van der Waals surface area contributed by atoms with Gasteiger partial charge >= 0.3 is 6.09 Å². The van der Waals surface area contributed by atoms with E-state index in [1.807, 2.05) is 75.4 Å². The number of Topliss-reactive ketones (excluding diaryl/α,β-unsaturated/α-hetero) is 1. The highest BCUT2D eigenvalue weighted by molar-refractivity contribution is 6.12. The molecule has 1 aromatic heterocycles. The fourth-order valence-corrected chi connectivity index (χ4v) is 5.18. The minimum Gasteiger partial charge on any atom is -0.457 e. The van der Waals surface area contributed by atoms with Gasteiger partial charge in [-0.1, -0.05) is 74.0 Å². The zero-order valence-corrected chi connectivity index (χ0v) is 25.1. The monoisotopic (exact) mass is 591 g/mol. The van der Waals surface area contributed by atoms with Crippen molar-refractivity contribution in [1.82, 2.24) is 4.90 Å². The van der Waals surface area contributed by atoms with Crippen LogP contribution in [0, 0.1) is 18.8 Å². The second kappa shape index (κ2) is 15.6. The van der Waals surface area contributed by atoms with E-state index in [2.05, 4.69) is 0 Å². The lowest BCUT2D eigenvalue weighted by Gasteiger charge is -2.26. The van der Waals surface area contributed by atoms with Gasteiger partial charge < -0.3 is 23.7 Å². The number of amides is 2. The van der Waals surface area contributed by atoms with Crippen LogP contribution in [0.15, 0.2) is 65.1 Å². The third-order valence-corrected chi connectivity index (χ3v) is 7.49. The smallest absolute Gasteiger partial charge is 0.417 e. The average Bonchev–Trinajstić information content (AvgIpc) is 3.61. The maximum Gasteiger partial charge on any atom is 0.417 e. The van der Waals surface area contributed by atoms with Gasteiger partial charge in [0, 0.05) is 18.6 Å². The summed E-state index contributed by atoms with van der Waals surface area (Å²) in [6.07, 6.45) is 0.549. The predicted molar refractivity (Wildman–Crippen MR) is 161 cm³/mol. The van der Waals surface area contributed by atoms with Crippen LogP contribution in [0.1, 0.15) is 47.7 Å². The summed E-state index contributed by atoms with van der Waals surface area (Å²) in [6.45, 7) is 7.45. The lowest BCUT2D eigenvalue weighted by molar-refractivity contribution is -0.132. The number of hydrogen-bond donors (Lipinski definition) is 1. The Hall–Kier alpha value is -3.79. The SMILES string of the molecule is Cc1cccc(-c2cc(C(=O)[C@@H](Cc3ccccc3)C(=O)N3C(=O)OC[C@H]3C(C)C)oc2CCCOCCOCCO)c1. The Balaban J connectivity index is 1.61. The molecule has 4 rings (SSSR count). The highest BCUT2D eigenvalue weighted by atomic mass is 16.6. The molecule has 0 unspecified atom stereocenters. The quantitative estimate of drug-likeness (QED) is 0.136. The van der Waals surface area contributed by atoms with E-state index in [1.54, 1.807) is 6.07 Å². The molecule has 0 aliphatic carbocycles. The molecule has 0 saturated carbocycles. The van der Waals surface area contributed by atoms with Crippen LogP contribution in [0.4, 0.5) is 4.79 Å². The van der Waals surface area contributed by atoms with Gasteiger partial charge in [-0.05, 0) is 42.9 Å². The summed E-state index contributed by atoms with van der Waals surface area (Å²) in [5.74, 6) is -1.56. The summed E-state index contributed by atoms with van der Waals surface area (Å²) < 4.78 is 22.3. The Morgan fingerprint density at radius 2 is 1.74 bits per heavy atom. The molecule has 2 aromatic carbocycles. The topological polar surface area (TPSA) is 116 Å². The Bertz CT molecular complexity index is 1370. The molecule has 2 amide bonds. The summed E-state index contributed by atoms with van der Waals surface area (Å²) in [6, 6.07) is 18.5. The lowest BCUT2D eigenvalue weighted by Crippen LogP contribution is -2.47. The predicted octanol–water partition coefficient (Wildman–Crippen LogP) is 5.26. The third kappa shape index (κ3) is 8.40. The Morgan fingerprint density at radius 1 is 1.00 bits per heavy atom. The molecular formula is C34H41NO8. The number of aryl methyl sites for hydroxylation is 2. The first-order chi connectivity index (χ1) is 20.8. The van der Waals surface area contributed by atoms with E-state index >= 15 is 0 Å². The van der Waals surface area contributed by atoms with E-state index in [-0.39, 0.29) is 37.9 Å². The molecule has 9 nitrogen and oxygen atoms in total. The summed E-state index contributed by atoms with van der Waals surface area (Å²) in [7, 11) is 0. The number of aliphatic hydroxyl groups is 1. The largest absolute Gasteiger partial charge is 0.457 e. The number of imide groups is 1. The van der Waals surface area contributed by atoms with Crippen LogP contribution >= 0.6 is 0 Å². The number of cyclic esters (lactones) is 1. The number of benzene rings is 2. The highest BCUT2D eigenvalue weighted by Crippen LogP contribution is 2.32. The number of ether oxygens (including phenoxy) is 3. The fourth-order valence-electron chi connectivity index (χ4n) is 5.18. The second-order valence-corrected chi connectivity index (χ2v) is 11.1. The molecule has 1 fully saturated rings. The summed E-state index contributed by atoms with van der Waals surface area (Å²) in [5, 5.41) is 8.81. The number of nitrogens with zero attached hydrogens (tertiary/aromatic N) is 1. The highest BCUT2D eigenvalue weighted by Gasteiger charge is 2.44. The van der Waals surface area contributed by atoms with E-state index < -0.39 is 29.7 Å². The number of hydrogen-bond acceptors (Lipinski definition) is 8. The standard InChI is InChI=1S/C34H41NO8/c1-23(2)29-22-42-34(39)35(29)33(38)28(20-25-10-5-4-6-11-25)32(37)31-21-27(26-12-7-9-24(3)19-26)30(43-31)13-8-15-40-17-18-41-16-14-36/h4-7,9-12,19,21,23,28-29,36H,8,13-18,20,22H2,1-3H3/t28-,29+/m1/s1. The molecule has 0 bridgehead atoms. The van der Waals surface area contributed by atoms with E-state index in [4.69, 9.17) is 23.7 Å². The maximum atomic E-state index is 14.1. The Morgan fingerprint density at radius 3 is 2.44 bits per heavy atom. The first-order valence-corrected chi connectivity index (χ1v) is 14.8. The average molecular weight is 592 g/mol. The van der Waals surface area contributed by atoms with E-state index in [1.165, 1.54) is 0 Å². The van der Waals surface area contributed by atoms with Crippen molar-refractivity contribution < 1.29 is 38.1 Å². The van der Waals surface area contributed by atoms with Crippen LogP contribution in [-0.4, -0.2) is 73.5 Å². The number of aliphatic hydroxyl groups excluding tert-OH is 1. The van der Waals surface area contributed by atoms with Gasteiger partial charge in [-0.2, -0.15) is 0 Å². The van der Waals surface area contributed by atoms with Gasteiger partial charge in [0.15, 0.2) is 5.76 Å². The van der Waals surface area contributed by atoms with E-state index in [0.29, 0.717) is 38.4 Å². The van der Waals surface area contributed by atoms with Crippen LogP contribution in [0.2, 0.25) is 0 Å². The molecule has 1 N–H and O–H groups in total. The lowest BCUT2D eigenvalue weighted by atomic mass is 9.91. The first-order valence-electron chi connectivity index (χ1n) is 14.8. The van der Waals surface area contributed by atoms with Gasteiger partial charge in [-0.15, -0.1) is 0 Å². The number of rotatable bonds is 16. The van der Waals surface area contributed by atoms with Crippen LogP contribution in [0.5, 0.6) is 0 Å². The first kappa shape index (κ1) is 32.1. The van der Waals surface area contributed by atoms with Crippen molar-refractivity contribution in [2.24, 2.45) is 11.8 Å². The zero-order chi connectivity index (χ0) is 30.8. The number of carbonyl (C=O) groups excluding carboxylic acids is 3. The molecule has 43 heavy (non-hydrogen) atoms. The number of furan rings is 1. The zero-order valence-electron chi connectivity index (χ0n) is 25.1. The van der Waals surface area contributed by atoms with Crippen molar-refractivity contribution in [2.75, 3.05) is 39.6 Å². The van der Waals surface area contributed by atoms with Crippen molar-refractivity contribution in [3.8, 4) is 11.1 Å². The van der Waals surface area contributed by atoms with Crippen molar-refractivity contribution in [3.63, 3.8) is 0 Å². The number of carbonyl (C=O) groups is 3. The molecule has 0 spiro atoms. The Labute approximate surface area is 252 Å². The normalized spacial score (nSPS) is 15.6. The van der Waals surface area contributed by atoms with Gasteiger partial charge in [0.1, 0.15) is 18.3 Å². The molecule has 1 aliphatic heterocycles. The van der Waals surface area contributed by atoms with Crippen molar-refractivity contribution >= 4 is 17.8 Å². The minimum absolute atomic E-state index is 0.0283. The Kier molecular flexibility index (Phi) is 11.7. The molecule has 3 aromatic rings. The van der Waals surface area contributed by atoms with Gasteiger partial charge in [-0.3, -0.25) is 9.59 Å². The van der Waals surface area contributed by atoms with Crippen LogP contribution in [0.25, 0.3) is 11.1 Å². The molecule has 2 atom stereocenters. The van der Waals surface area contributed by atoms with Crippen LogP contribution in [0.3, 0.4) is 0 Å². The van der Waals surface area contributed by atoms with E-state index in [0.717, 1.165) is 27.2 Å². The van der Waals surface area contributed by atoms with Crippen molar-refractivity contribution in [3.05, 3.63) is 83.3 Å². The molecule has 0 radical (unpaired) electrons. The van der Waals surface area contributed by atoms with Gasteiger partial charge in [0.25, 0.3) is 0 Å². The molecular weight excluding hydrogens is 550 g/mol. The van der Waals surface area contributed by atoms with Crippen LogP contribution in [-0.2, 0) is 31.8 Å².